The molecule has 1 unspecified atom stereocenters. The smallest absolute Gasteiger partial charge is 0.459 e. The van der Waals surface area contributed by atoms with Crippen molar-refractivity contribution in [3.8, 4) is 0 Å². The van der Waals surface area contributed by atoms with Gasteiger partial charge in [0.15, 0.2) is 0 Å². The van der Waals surface area contributed by atoms with E-state index in [1.165, 1.54) is 6.92 Å². The Balaban J connectivity index is 2.50. The number of aromatic nitrogens is 2. The van der Waals surface area contributed by atoms with E-state index in [2.05, 4.69) is 9.84 Å². The van der Waals surface area contributed by atoms with Crippen LogP contribution in [0, 0.1) is 12.8 Å². The highest BCUT2D eigenvalue weighted by Crippen LogP contribution is 2.47. The molecule has 1 atom stereocenters. The van der Waals surface area contributed by atoms with Crippen LogP contribution in [0.2, 0.25) is 0 Å². The van der Waals surface area contributed by atoms with Gasteiger partial charge in [-0.05, 0) is 20.3 Å². The Labute approximate surface area is 137 Å². The quantitative estimate of drug-likeness (QED) is 0.575. The summed E-state index contributed by atoms with van der Waals surface area (Å²) >= 11 is 0. The first kappa shape index (κ1) is 19.5. The molecule has 1 aromatic heterocycles. The number of alkyl halides is 7. The maximum Gasteiger partial charge on any atom is 0.459 e. The van der Waals surface area contributed by atoms with E-state index in [4.69, 9.17) is 0 Å². The topological polar surface area (TPSA) is 44.1 Å². The van der Waals surface area contributed by atoms with Crippen LogP contribution in [0.15, 0.2) is 0 Å². The second kappa shape index (κ2) is 6.17. The van der Waals surface area contributed by atoms with Crippen LogP contribution >= 0.6 is 0 Å². The zero-order valence-electron chi connectivity index (χ0n) is 13.3. The van der Waals surface area contributed by atoms with Crippen molar-refractivity contribution in [3.63, 3.8) is 0 Å². The molecule has 1 aliphatic rings. The number of rotatable bonds is 5. The molecule has 25 heavy (non-hydrogen) atoms. The molecule has 0 N–H and O–H groups in total. The molecule has 2 rings (SSSR count). The lowest BCUT2D eigenvalue weighted by atomic mass is 9.81. The summed E-state index contributed by atoms with van der Waals surface area (Å²) in [5, 5.41) is 3.15. The van der Waals surface area contributed by atoms with E-state index in [0.29, 0.717) is 4.68 Å². The molecule has 0 radical (unpaired) electrons. The highest BCUT2D eigenvalue weighted by atomic mass is 19.4. The normalized spacial score (nSPS) is 20.3. The van der Waals surface area contributed by atoms with Crippen LogP contribution in [0.3, 0.4) is 0 Å². The van der Waals surface area contributed by atoms with E-state index in [0.717, 1.165) is 6.92 Å². The highest BCUT2D eigenvalue weighted by molar-refractivity contribution is 5.89. The van der Waals surface area contributed by atoms with Gasteiger partial charge in [0.05, 0.1) is 13.2 Å². The Morgan fingerprint density at radius 3 is 2.32 bits per heavy atom. The molecule has 0 aromatic carbocycles. The fraction of sp³-hybridized carbons (Fsp3) is 0.714. The Hall–Kier alpha value is -1.81. The van der Waals surface area contributed by atoms with Gasteiger partial charge in [-0.3, -0.25) is 4.68 Å². The Morgan fingerprint density at radius 1 is 1.32 bits per heavy atom. The molecule has 0 saturated heterocycles. The molecule has 142 valence electrons. The van der Waals surface area contributed by atoms with Gasteiger partial charge >= 0.3 is 18.1 Å². The lowest BCUT2D eigenvalue weighted by Gasteiger charge is -2.36. The number of carbonyl (C=O) groups excluding carboxylic acids is 1. The maximum atomic E-state index is 13.7. The summed E-state index contributed by atoms with van der Waals surface area (Å²) in [6.07, 6.45) is -6.32. The van der Waals surface area contributed by atoms with E-state index < -0.39 is 59.8 Å². The van der Waals surface area contributed by atoms with Crippen molar-refractivity contribution in [2.24, 2.45) is 5.92 Å². The van der Waals surface area contributed by atoms with Gasteiger partial charge in [0.25, 0.3) is 5.92 Å². The Morgan fingerprint density at radius 2 is 1.92 bits per heavy atom. The third-order valence-corrected chi connectivity index (χ3v) is 4.13. The number of esters is 1. The largest absolute Gasteiger partial charge is 0.461 e. The van der Waals surface area contributed by atoms with E-state index >= 15 is 0 Å². The fourth-order valence-corrected chi connectivity index (χ4v) is 2.57. The minimum atomic E-state index is -5.94. The standard InChI is InChI=1S/C14H15F7N2O2/c1-3-25-11(24)9-7(2)10(13(17,18)14(19,20)21)22-23(9)6-8-4-5-12(8,15)16/h8H,3-6H2,1-2H3. The number of nitrogens with zero attached hydrogens (tertiary/aromatic N) is 2. The van der Waals surface area contributed by atoms with Gasteiger partial charge in [-0.15, -0.1) is 0 Å². The highest BCUT2D eigenvalue weighted by Gasteiger charge is 2.62. The van der Waals surface area contributed by atoms with Crippen LogP contribution in [-0.4, -0.2) is 34.5 Å². The SMILES string of the molecule is CCOC(=O)c1c(C)c(C(F)(F)C(F)(F)F)nn1CC1CCC1(F)F. The van der Waals surface area contributed by atoms with Crippen LogP contribution in [0.25, 0.3) is 0 Å². The van der Waals surface area contributed by atoms with Crippen molar-refractivity contribution in [2.75, 3.05) is 6.61 Å². The van der Waals surface area contributed by atoms with Crippen molar-refractivity contribution in [1.82, 2.24) is 9.78 Å². The summed E-state index contributed by atoms with van der Waals surface area (Å²) in [4.78, 5) is 11.9. The Bertz CT molecular complexity index is 667. The van der Waals surface area contributed by atoms with Gasteiger partial charge in [0.2, 0.25) is 0 Å². The number of hydrogen-bond donors (Lipinski definition) is 0. The van der Waals surface area contributed by atoms with Crippen molar-refractivity contribution in [3.05, 3.63) is 17.0 Å². The van der Waals surface area contributed by atoms with Gasteiger partial charge < -0.3 is 4.74 Å². The van der Waals surface area contributed by atoms with Gasteiger partial charge in [-0.2, -0.15) is 27.1 Å². The molecule has 1 fully saturated rings. The fourth-order valence-electron chi connectivity index (χ4n) is 2.57. The molecule has 0 amide bonds. The van der Waals surface area contributed by atoms with Crippen LogP contribution in [-0.2, 0) is 17.2 Å². The van der Waals surface area contributed by atoms with Crippen molar-refractivity contribution in [1.29, 1.82) is 0 Å². The van der Waals surface area contributed by atoms with Gasteiger partial charge in [0.1, 0.15) is 11.4 Å². The summed E-state index contributed by atoms with van der Waals surface area (Å²) in [5.41, 5.74) is -3.11. The molecule has 1 saturated carbocycles. The summed E-state index contributed by atoms with van der Waals surface area (Å²) in [6, 6.07) is 0. The predicted octanol–water partition coefficient (Wildman–Crippen LogP) is 4.07. The molecule has 0 spiro atoms. The first-order valence-electron chi connectivity index (χ1n) is 7.40. The van der Waals surface area contributed by atoms with Crippen molar-refractivity contribution < 1.29 is 40.3 Å². The van der Waals surface area contributed by atoms with Crippen molar-refractivity contribution >= 4 is 5.97 Å². The molecular weight excluding hydrogens is 361 g/mol. The number of halogens is 7. The molecular formula is C14H15F7N2O2. The van der Waals surface area contributed by atoms with Crippen molar-refractivity contribution in [2.45, 2.75) is 51.3 Å². The second-order valence-electron chi connectivity index (χ2n) is 5.79. The number of ether oxygens (including phenoxy) is 1. The zero-order valence-corrected chi connectivity index (χ0v) is 13.3. The number of carbonyl (C=O) groups is 1. The van der Waals surface area contributed by atoms with Gasteiger partial charge in [-0.25, -0.2) is 13.6 Å². The first-order valence-corrected chi connectivity index (χ1v) is 7.40. The average molecular weight is 376 g/mol. The van der Waals surface area contributed by atoms with Crippen LogP contribution in [0.5, 0.6) is 0 Å². The minimum Gasteiger partial charge on any atom is -0.461 e. The zero-order chi connectivity index (χ0) is 19.2. The molecule has 1 aromatic rings. The third kappa shape index (κ3) is 3.32. The molecule has 1 aliphatic carbocycles. The van der Waals surface area contributed by atoms with E-state index in [9.17, 15) is 35.5 Å². The van der Waals surface area contributed by atoms with Gasteiger partial charge in [-0.1, -0.05) is 0 Å². The summed E-state index contributed by atoms with van der Waals surface area (Å²) in [6.45, 7) is 1.42. The van der Waals surface area contributed by atoms with E-state index in [-0.39, 0.29) is 13.0 Å². The minimum absolute atomic E-state index is 0.0408. The summed E-state index contributed by atoms with van der Waals surface area (Å²) in [7, 11) is 0. The van der Waals surface area contributed by atoms with E-state index in [1.807, 2.05) is 0 Å². The molecule has 0 bridgehead atoms. The Kier molecular flexibility index (Phi) is 4.81. The first-order chi connectivity index (χ1) is 11.3. The van der Waals surface area contributed by atoms with Crippen LogP contribution < -0.4 is 0 Å². The summed E-state index contributed by atoms with van der Waals surface area (Å²) in [5.74, 6) is -10.9. The van der Waals surface area contributed by atoms with Gasteiger partial charge in [0, 0.05) is 17.9 Å². The maximum absolute atomic E-state index is 13.7. The second-order valence-corrected chi connectivity index (χ2v) is 5.79. The predicted molar refractivity (Wildman–Crippen MR) is 70.5 cm³/mol. The van der Waals surface area contributed by atoms with E-state index in [1.54, 1.807) is 0 Å². The summed E-state index contributed by atoms with van der Waals surface area (Å²) < 4.78 is 97.1. The molecule has 4 nitrogen and oxygen atoms in total. The third-order valence-electron chi connectivity index (χ3n) is 4.13. The lowest BCUT2D eigenvalue weighted by molar-refractivity contribution is -0.291. The number of hydrogen-bond acceptors (Lipinski definition) is 3. The molecule has 11 heteroatoms. The monoisotopic (exact) mass is 376 g/mol. The lowest BCUT2D eigenvalue weighted by Crippen LogP contribution is -2.42. The average Bonchev–Trinajstić information content (AvgIpc) is 2.80. The molecule has 1 heterocycles. The molecule has 0 aliphatic heterocycles. The van der Waals surface area contributed by atoms with Crippen LogP contribution in [0.4, 0.5) is 30.7 Å². The van der Waals surface area contributed by atoms with Crippen LogP contribution in [0.1, 0.15) is 41.5 Å².